The van der Waals surface area contributed by atoms with Crippen LogP contribution < -0.4 is 29.5 Å². The maximum Gasteiger partial charge on any atom is 1.00 e. The van der Waals surface area contributed by atoms with Crippen LogP contribution in [0, 0.1) is 7.43 Å². The number of hydrogen-bond donors (Lipinski definition) is 3. The summed E-state index contributed by atoms with van der Waals surface area (Å²) in [6.07, 6.45) is 0. The molecule has 0 spiro atoms. The number of carbonyl (C=O) groups excluding carboxylic acids is 1. The van der Waals surface area contributed by atoms with Crippen LogP contribution in [0.15, 0.2) is 109 Å². The molecule has 0 aliphatic heterocycles. The molecular weight excluding hydrogens is 443 g/mol. The van der Waals surface area contributed by atoms with Crippen molar-refractivity contribution in [3.05, 3.63) is 128 Å². The van der Waals surface area contributed by atoms with Crippen molar-refractivity contribution in [2.75, 3.05) is 17.7 Å². The third kappa shape index (κ3) is 8.94. The Morgan fingerprint density at radius 3 is 1.61 bits per heavy atom. The Balaban J connectivity index is 0.000000341. The van der Waals surface area contributed by atoms with E-state index in [1.165, 1.54) is 7.11 Å². The van der Waals surface area contributed by atoms with Crippen LogP contribution >= 0.6 is 0 Å². The molecule has 0 aliphatic carbocycles. The number of anilines is 4. The number of rotatable bonds is 6. The molecule has 182 valence electrons. The van der Waals surface area contributed by atoms with Crippen LogP contribution in [-0.2, 0) is 10.3 Å². The van der Waals surface area contributed by atoms with Crippen molar-refractivity contribution in [3.8, 4) is 0 Å². The second-order valence-electron chi connectivity index (χ2n) is 8.12. The fourth-order valence-electron chi connectivity index (χ4n) is 3.36. The van der Waals surface area contributed by atoms with Gasteiger partial charge >= 0.3 is 24.8 Å². The monoisotopic (exact) mass is 476 g/mol. The molecule has 0 atom stereocenters. The minimum Gasteiger partial charge on any atom is -0.465 e. The van der Waals surface area contributed by atoms with E-state index in [9.17, 15) is 9.90 Å². The fourth-order valence-corrected chi connectivity index (χ4v) is 3.36. The van der Waals surface area contributed by atoms with Crippen molar-refractivity contribution >= 4 is 28.7 Å². The number of nitrogens with one attached hydrogen (secondary N) is 2. The van der Waals surface area contributed by atoms with Crippen LogP contribution in [0.25, 0.3) is 0 Å². The molecule has 4 aromatic rings. The summed E-state index contributed by atoms with van der Waals surface area (Å²) in [7, 11) is 1.38. The standard InChI is InChI=1S/C15H17NO.C14H13NO2.CH3.Li/c1-15(2,17)13-10-6-7-11-14(13)16-12-8-4-3-5-9-12;1-17-14(16)12-9-5-6-10-13(12)15-11-7-3-2-4-8-11;;/h3-11,16-17H,1-2H3;2-10,15H,1H3;1H3;/q;;-1;+1. The second kappa shape index (κ2) is 14.8. The Morgan fingerprint density at radius 1 is 0.694 bits per heavy atom. The normalized spacial score (nSPS) is 9.89. The molecule has 0 fully saturated rings. The maximum atomic E-state index is 11.6. The SMILES string of the molecule is CC(C)(O)c1ccccc1Nc1ccccc1.COC(=O)c1ccccc1Nc1ccccc1.[CH3-].[Li+]. The van der Waals surface area contributed by atoms with Crippen molar-refractivity contribution in [2.45, 2.75) is 19.4 Å². The Morgan fingerprint density at radius 2 is 1.11 bits per heavy atom. The van der Waals surface area contributed by atoms with Crippen LogP contribution in [0.1, 0.15) is 29.8 Å². The molecule has 6 heteroatoms. The van der Waals surface area contributed by atoms with Crippen LogP contribution in [0.2, 0.25) is 0 Å². The summed E-state index contributed by atoms with van der Waals surface area (Å²) >= 11 is 0. The fraction of sp³-hybridized carbons (Fsp3) is 0.133. The average Bonchev–Trinajstić information content (AvgIpc) is 2.85. The first-order valence-electron chi connectivity index (χ1n) is 11.0. The molecule has 0 bridgehead atoms. The van der Waals surface area contributed by atoms with Gasteiger partial charge in [-0.2, -0.15) is 0 Å². The minimum atomic E-state index is -0.849. The summed E-state index contributed by atoms with van der Waals surface area (Å²) in [4.78, 5) is 11.6. The molecule has 5 nitrogen and oxygen atoms in total. The van der Waals surface area contributed by atoms with E-state index in [4.69, 9.17) is 4.74 Å². The number of ether oxygens (including phenoxy) is 1. The van der Waals surface area contributed by atoms with Gasteiger partial charge in [0, 0.05) is 22.6 Å². The van der Waals surface area contributed by atoms with Gasteiger partial charge in [-0.25, -0.2) is 4.79 Å². The van der Waals surface area contributed by atoms with Crippen molar-refractivity contribution in [3.63, 3.8) is 0 Å². The Labute approximate surface area is 226 Å². The number of hydrogen-bond acceptors (Lipinski definition) is 5. The zero-order valence-corrected chi connectivity index (χ0v) is 21.7. The van der Waals surface area contributed by atoms with Gasteiger partial charge in [0.1, 0.15) is 0 Å². The van der Waals surface area contributed by atoms with E-state index in [0.717, 1.165) is 28.3 Å². The van der Waals surface area contributed by atoms with Crippen molar-refractivity contribution in [1.82, 2.24) is 0 Å². The van der Waals surface area contributed by atoms with Crippen LogP contribution in [0.5, 0.6) is 0 Å². The van der Waals surface area contributed by atoms with Crippen LogP contribution in [0.4, 0.5) is 22.7 Å². The van der Waals surface area contributed by atoms with Crippen LogP contribution in [-0.4, -0.2) is 18.2 Å². The predicted octanol–water partition coefficient (Wildman–Crippen LogP) is 4.33. The summed E-state index contributed by atoms with van der Waals surface area (Å²) in [6.45, 7) is 3.58. The molecule has 0 amide bonds. The van der Waals surface area contributed by atoms with E-state index >= 15 is 0 Å². The first-order chi connectivity index (χ1) is 16.4. The Bertz CT molecular complexity index is 1190. The summed E-state index contributed by atoms with van der Waals surface area (Å²) in [6, 6.07) is 34.7. The van der Waals surface area contributed by atoms with Crippen molar-refractivity contribution in [1.29, 1.82) is 0 Å². The number of benzene rings is 4. The number of methoxy groups -OCH3 is 1. The van der Waals surface area contributed by atoms with Crippen molar-refractivity contribution in [2.24, 2.45) is 0 Å². The summed E-state index contributed by atoms with van der Waals surface area (Å²) < 4.78 is 4.74. The van der Waals surface area contributed by atoms with E-state index in [2.05, 4.69) is 10.6 Å². The molecule has 0 aliphatic rings. The van der Waals surface area contributed by atoms with Crippen molar-refractivity contribution < 1.29 is 33.5 Å². The maximum absolute atomic E-state index is 11.6. The molecule has 0 aromatic heterocycles. The topological polar surface area (TPSA) is 70.6 Å². The number of carbonyl (C=O) groups is 1. The average molecular weight is 477 g/mol. The molecule has 3 N–H and O–H groups in total. The molecule has 4 aromatic carbocycles. The molecular formula is C30H33LiN2O3. The Hall–Kier alpha value is -3.49. The predicted molar refractivity (Wildman–Crippen MR) is 145 cm³/mol. The van der Waals surface area contributed by atoms with Gasteiger partial charge in [0.2, 0.25) is 0 Å². The number of esters is 1. The number of aliphatic hydroxyl groups is 1. The van der Waals surface area contributed by atoms with Gasteiger partial charge in [-0.05, 0) is 56.3 Å². The summed E-state index contributed by atoms with van der Waals surface area (Å²) in [5.74, 6) is -0.343. The quantitative estimate of drug-likeness (QED) is 0.220. The third-order valence-corrected chi connectivity index (χ3v) is 5.02. The molecule has 0 heterocycles. The molecule has 0 radical (unpaired) electrons. The molecule has 0 saturated heterocycles. The van der Waals surface area contributed by atoms with Gasteiger partial charge in [-0.3, -0.25) is 0 Å². The van der Waals surface area contributed by atoms with E-state index in [0.29, 0.717) is 5.56 Å². The smallest absolute Gasteiger partial charge is 0.465 e. The minimum absolute atomic E-state index is 0. The van der Waals surface area contributed by atoms with Gasteiger partial charge < -0.3 is 27.9 Å². The van der Waals surface area contributed by atoms with E-state index in [1.54, 1.807) is 19.9 Å². The molecule has 0 saturated carbocycles. The molecule has 36 heavy (non-hydrogen) atoms. The van der Waals surface area contributed by atoms with Gasteiger partial charge in [-0.1, -0.05) is 66.7 Å². The first-order valence-corrected chi connectivity index (χ1v) is 11.0. The molecule has 0 unspecified atom stereocenters. The van der Waals surface area contributed by atoms with Gasteiger partial charge in [0.15, 0.2) is 0 Å². The molecule has 4 rings (SSSR count). The zero-order valence-electron chi connectivity index (χ0n) is 21.7. The summed E-state index contributed by atoms with van der Waals surface area (Å²) in [5, 5.41) is 16.6. The number of para-hydroxylation sites is 4. The second-order valence-corrected chi connectivity index (χ2v) is 8.12. The van der Waals surface area contributed by atoms with E-state index < -0.39 is 5.60 Å². The third-order valence-electron chi connectivity index (χ3n) is 5.02. The zero-order chi connectivity index (χ0) is 24.4. The summed E-state index contributed by atoms with van der Waals surface area (Å²) in [5.41, 5.74) is 4.20. The largest absolute Gasteiger partial charge is 1.00 e. The van der Waals surface area contributed by atoms with E-state index in [1.807, 2.05) is 103 Å². The van der Waals surface area contributed by atoms with Crippen LogP contribution in [0.3, 0.4) is 0 Å². The van der Waals surface area contributed by atoms with Gasteiger partial charge in [0.25, 0.3) is 0 Å². The van der Waals surface area contributed by atoms with Gasteiger partial charge in [0.05, 0.1) is 24.0 Å². The Kier molecular flexibility index (Phi) is 12.6. The van der Waals surface area contributed by atoms with E-state index in [-0.39, 0.29) is 32.3 Å². The first kappa shape index (κ1) is 30.5. The van der Waals surface area contributed by atoms with Gasteiger partial charge in [-0.15, -0.1) is 0 Å².